The summed E-state index contributed by atoms with van der Waals surface area (Å²) in [5, 5.41) is 3.15. The normalized spacial score (nSPS) is 11.3. The van der Waals surface area contributed by atoms with Crippen LogP contribution < -0.4 is 10.1 Å². The van der Waals surface area contributed by atoms with Crippen molar-refractivity contribution in [3.63, 3.8) is 0 Å². The molecule has 2 aromatic rings. The minimum atomic E-state index is -1.01. The zero-order valence-electron chi connectivity index (χ0n) is 13.4. The third-order valence-electron chi connectivity index (χ3n) is 3.18. The summed E-state index contributed by atoms with van der Waals surface area (Å²) in [6.07, 6.45) is -0.379. The molecule has 0 spiro atoms. The van der Waals surface area contributed by atoms with Crippen LogP contribution in [0, 0.1) is 0 Å². The van der Waals surface area contributed by atoms with Crippen LogP contribution >= 0.6 is 11.6 Å². The first kappa shape index (κ1) is 18.5. The molecule has 25 heavy (non-hydrogen) atoms. The zero-order valence-corrected chi connectivity index (χ0v) is 14.2. The van der Waals surface area contributed by atoms with E-state index in [9.17, 15) is 14.4 Å². The minimum absolute atomic E-state index is 0.271. The van der Waals surface area contributed by atoms with E-state index in [4.69, 9.17) is 21.1 Å². The van der Waals surface area contributed by atoms with Gasteiger partial charge in [0.15, 0.2) is 19.0 Å². The second-order valence-electron chi connectivity index (χ2n) is 5.07. The first-order valence-corrected chi connectivity index (χ1v) is 7.80. The van der Waals surface area contributed by atoms with Crippen LogP contribution in [0.3, 0.4) is 0 Å². The summed E-state index contributed by atoms with van der Waals surface area (Å²) in [6, 6.07) is 13.0. The molecule has 2 rings (SSSR count). The molecule has 2 aromatic carbocycles. The number of rotatable bonds is 7. The maximum Gasteiger partial charge on any atom is 0.344 e. The van der Waals surface area contributed by atoms with E-state index in [1.54, 1.807) is 48.5 Å². The number of ether oxygens (including phenoxy) is 2. The van der Waals surface area contributed by atoms with E-state index in [-0.39, 0.29) is 5.75 Å². The fraction of sp³-hybridized carbons (Fsp3) is 0.167. The SMILES string of the molecule is C[C@@H](OC(=O)COc1ccccc1C=O)C(=O)Nc1ccc(Cl)cc1. The van der Waals surface area contributed by atoms with E-state index in [1.165, 1.54) is 6.92 Å². The molecule has 0 saturated carbocycles. The first-order valence-electron chi connectivity index (χ1n) is 7.42. The average molecular weight is 362 g/mol. The summed E-state index contributed by atoms with van der Waals surface area (Å²) in [5.41, 5.74) is 0.859. The highest BCUT2D eigenvalue weighted by molar-refractivity contribution is 6.30. The van der Waals surface area contributed by atoms with E-state index in [1.807, 2.05) is 0 Å². The summed E-state index contributed by atoms with van der Waals surface area (Å²) in [6.45, 7) is 1.03. The van der Waals surface area contributed by atoms with Gasteiger partial charge in [-0.05, 0) is 43.3 Å². The third-order valence-corrected chi connectivity index (χ3v) is 3.43. The van der Waals surface area contributed by atoms with Crippen LogP contribution in [0.1, 0.15) is 17.3 Å². The molecule has 0 aliphatic carbocycles. The average Bonchev–Trinajstić information content (AvgIpc) is 2.62. The minimum Gasteiger partial charge on any atom is -0.481 e. The number of benzene rings is 2. The van der Waals surface area contributed by atoms with Crippen LogP contribution in [0.2, 0.25) is 5.02 Å². The van der Waals surface area contributed by atoms with Gasteiger partial charge >= 0.3 is 5.97 Å². The molecule has 1 amide bonds. The molecule has 0 unspecified atom stereocenters. The van der Waals surface area contributed by atoms with Crippen LogP contribution in [-0.2, 0) is 14.3 Å². The largest absolute Gasteiger partial charge is 0.481 e. The lowest BCUT2D eigenvalue weighted by Gasteiger charge is -2.14. The van der Waals surface area contributed by atoms with Gasteiger partial charge in [-0.25, -0.2) is 4.79 Å². The predicted molar refractivity (Wildman–Crippen MR) is 93.0 cm³/mol. The zero-order chi connectivity index (χ0) is 18.2. The molecular weight excluding hydrogens is 346 g/mol. The Bertz CT molecular complexity index is 760. The maximum absolute atomic E-state index is 12.0. The lowest BCUT2D eigenvalue weighted by Crippen LogP contribution is -2.31. The topological polar surface area (TPSA) is 81.7 Å². The van der Waals surface area contributed by atoms with Crippen molar-refractivity contribution in [3.8, 4) is 5.75 Å². The van der Waals surface area contributed by atoms with Gasteiger partial charge in [0, 0.05) is 10.7 Å². The van der Waals surface area contributed by atoms with Crippen molar-refractivity contribution in [1.29, 1.82) is 0 Å². The second kappa shape index (κ2) is 8.84. The fourth-order valence-corrected chi connectivity index (χ4v) is 2.03. The number of nitrogens with one attached hydrogen (secondary N) is 1. The monoisotopic (exact) mass is 361 g/mol. The molecule has 130 valence electrons. The van der Waals surface area contributed by atoms with E-state index in [2.05, 4.69) is 5.32 Å². The molecule has 0 saturated heterocycles. The van der Waals surface area contributed by atoms with Gasteiger partial charge in [-0.2, -0.15) is 0 Å². The van der Waals surface area contributed by atoms with Crippen LogP contribution in [0.5, 0.6) is 5.75 Å². The highest BCUT2D eigenvalue weighted by atomic mass is 35.5. The van der Waals surface area contributed by atoms with Crippen LogP contribution in [0.25, 0.3) is 0 Å². The summed E-state index contributed by atoms with van der Waals surface area (Å²) in [4.78, 5) is 34.7. The number of para-hydroxylation sites is 1. The fourth-order valence-electron chi connectivity index (χ4n) is 1.91. The van der Waals surface area contributed by atoms with Crippen molar-refractivity contribution in [3.05, 3.63) is 59.1 Å². The smallest absolute Gasteiger partial charge is 0.344 e. The number of hydrogen-bond acceptors (Lipinski definition) is 5. The Labute approximate surface area is 149 Å². The van der Waals surface area contributed by atoms with E-state index in [0.29, 0.717) is 22.6 Å². The molecule has 1 N–H and O–H groups in total. The van der Waals surface area contributed by atoms with Gasteiger partial charge in [-0.15, -0.1) is 0 Å². The summed E-state index contributed by atoms with van der Waals surface area (Å²) < 4.78 is 10.3. The number of amides is 1. The number of carbonyl (C=O) groups is 3. The molecule has 6 nitrogen and oxygen atoms in total. The van der Waals surface area contributed by atoms with Gasteiger partial charge in [-0.3, -0.25) is 9.59 Å². The lowest BCUT2D eigenvalue weighted by atomic mass is 10.2. The van der Waals surface area contributed by atoms with E-state index in [0.717, 1.165) is 0 Å². The van der Waals surface area contributed by atoms with Gasteiger partial charge in [0.1, 0.15) is 5.75 Å². The highest BCUT2D eigenvalue weighted by Crippen LogP contribution is 2.16. The highest BCUT2D eigenvalue weighted by Gasteiger charge is 2.18. The summed E-state index contributed by atoms with van der Waals surface area (Å²) >= 11 is 5.77. The molecule has 0 heterocycles. The Balaban J connectivity index is 1.83. The number of anilines is 1. The molecule has 0 radical (unpaired) electrons. The number of hydrogen-bond donors (Lipinski definition) is 1. The molecule has 0 fully saturated rings. The Kier molecular flexibility index (Phi) is 6.54. The Morgan fingerprint density at radius 1 is 1.16 bits per heavy atom. The Morgan fingerprint density at radius 2 is 1.84 bits per heavy atom. The Morgan fingerprint density at radius 3 is 2.52 bits per heavy atom. The van der Waals surface area contributed by atoms with Crippen molar-refractivity contribution in [2.75, 3.05) is 11.9 Å². The van der Waals surface area contributed by atoms with Crippen molar-refractivity contribution >= 4 is 35.5 Å². The Hall–Kier alpha value is -2.86. The van der Waals surface area contributed by atoms with Crippen molar-refractivity contribution in [1.82, 2.24) is 0 Å². The lowest BCUT2D eigenvalue weighted by molar-refractivity contribution is -0.155. The number of esters is 1. The number of aldehydes is 1. The number of carbonyl (C=O) groups excluding carboxylic acids is 3. The van der Waals surface area contributed by atoms with Crippen molar-refractivity contribution < 1.29 is 23.9 Å². The van der Waals surface area contributed by atoms with Gasteiger partial charge < -0.3 is 14.8 Å². The van der Waals surface area contributed by atoms with Crippen molar-refractivity contribution in [2.45, 2.75) is 13.0 Å². The summed E-state index contributed by atoms with van der Waals surface area (Å²) in [5.74, 6) is -0.934. The molecule has 0 bridgehead atoms. The standard InChI is InChI=1S/C18H16ClNO5/c1-12(18(23)20-15-8-6-14(19)7-9-15)25-17(22)11-24-16-5-3-2-4-13(16)10-21/h2-10,12H,11H2,1H3,(H,20,23)/t12-/m1/s1. The van der Waals surface area contributed by atoms with Gasteiger partial charge in [0.25, 0.3) is 5.91 Å². The predicted octanol–water partition coefficient (Wildman–Crippen LogP) is 3.10. The molecule has 1 atom stereocenters. The second-order valence-corrected chi connectivity index (χ2v) is 5.51. The van der Waals surface area contributed by atoms with Crippen LogP contribution in [-0.4, -0.2) is 30.9 Å². The molecule has 0 aliphatic rings. The maximum atomic E-state index is 12.0. The van der Waals surface area contributed by atoms with Gasteiger partial charge in [0.2, 0.25) is 0 Å². The van der Waals surface area contributed by atoms with Gasteiger partial charge in [0.05, 0.1) is 5.56 Å². The summed E-state index contributed by atoms with van der Waals surface area (Å²) in [7, 11) is 0. The molecule has 0 aromatic heterocycles. The first-order chi connectivity index (χ1) is 12.0. The molecule has 0 aliphatic heterocycles. The van der Waals surface area contributed by atoms with Gasteiger partial charge in [-0.1, -0.05) is 23.7 Å². The van der Waals surface area contributed by atoms with Crippen molar-refractivity contribution in [2.24, 2.45) is 0 Å². The third kappa shape index (κ3) is 5.61. The molecular formula is C18H16ClNO5. The van der Waals surface area contributed by atoms with E-state index < -0.39 is 24.6 Å². The molecule has 7 heteroatoms. The number of halogens is 1. The van der Waals surface area contributed by atoms with E-state index >= 15 is 0 Å². The van der Waals surface area contributed by atoms with Crippen LogP contribution in [0.4, 0.5) is 5.69 Å². The van der Waals surface area contributed by atoms with Crippen LogP contribution in [0.15, 0.2) is 48.5 Å². The quantitative estimate of drug-likeness (QED) is 0.605.